The van der Waals surface area contributed by atoms with Gasteiger partial charge in [-0.15, -0.1) is 0 Å². The number of fused-ring (bicyclic) bond motifs is 2. The van der Waals surface area contributed by atoms with Crippen LogP contribution in [-0.4, -0.2) is 37.5 Å². The maximum atomic E-state index is 12.1. The molecule has 3 N–H and O–H groups in total. The van der Waals surface area contributed by atoms with Gasteiger partial charge in [0.25, 0.3) is 0 Å². The Kier molecular flexibility index (Phi) is 5.96. The van der Waals surface area contributed by atoms with Crippen LogP contribution in [0.25, 0.3) is 44.5 Å². The van der Waals surface area contributed by atoms with Gasteiger partial charge in [0.05, 0.1) is 22.3 Å². The van der Waals surface area contributed by atoms with E-state index < -0.39 is 0 Å². The zero-order valence-electron chi connectivity index (χ0n) is 20.4. The van der Waals surface area contributed by atoms with Gasteiger partial charge in [0.15, 0.2) is 0 Å². The molecule has 0 bridgehead atoms. The van der Waals surface area contributed by atoms with Crippen LogP contribution in [-0.2, 0) is 4.79 Å². The van der Waals surface area contributed by atoms with Crippen molar-refractivity contribution >= 4 is 45.3 Å². The molecule has 4 heterocycles. The fourth-order valence-corrected chi connectivity index (χ4v) is 5.69. The Labute approximate surface area is 218 Å². The van der Waals surface area contributed by atoms with E-state index >= 15 is 0 Å². The van der Waals surface area contributed by atoms with Gasteiger partial charge < -0.3 is 15.6 Å². The lowest BCUT2D eigenvalue weighted by Gasteiger charge is -2.28. The summed E-state index contributed by atoms with van der Waals surface area (Å²) in [5.41, 5.74) is 11.3. The van der Waals surface area contributed by atoms with Crippen molar-refractivity contribution in [2.75, 3.05) is 12.8 Å². The lowest BCUT2D eigenvalue weighted by molar-refractivity contribution is -0.125. The first kappa shape index (κ1) is 23.4. The van der Waals surface area contributed by atoms with Crippen molar-refractivity contribution in [1.29, 1.82) is 0 Å². The zero-order chi connectivity index (χ0) is 25.5. The van der Waals surface area contributed by atoms with E-state index in [0.29, 0.717) is 10.8 Å². The number of pyridine rings is 2. The number of nitrogens with two attached hydrogens (primary N) is 1. The first-order chi connectivity index (χ1) is 18.0. The Balaban J connectivity index is 1.45. The molecule has 1 aromatic carbocycles. The third kappa shape index (κ3) is 4.17. The summed E-state index contributed by atoms with van der Waals surface area (Å²) in [5.74, 6) is 0.573. The van der Waals surface area contributed by atoms with Crippen molar-refractivity contribution in [3.8, 4) is 22.5 Å². The van der Waals surface area contributed by atoms with Gasteiger partial charge in [0.2, 0.25) is 5.91 Å². The van der Waals surface area contributed by atoms with Crippen LogP contribution < -0.4 is 11.1 Å². The first-order valence-corrected chi connectivity index (χ1v) is 12.8. The molecule has 1 aliphatic carbocycles. The second-order valence-corrected chi connectivity index (χ2v) is 9.87. The summed E-state index contributed by atoms with van der Waals surface area (Å²) in [6.45, 7) is 0. The minimum absolute atomic E-state index is 0.0524. The lowest BCUT2D eigenvalue weighted by atomic mass is 9.85. The molecule has 0 unspecified atom stereocenters. The van der Waals surface area contributed by atoms with Crippen LogP contribution in [0.4, 0.5) is 5.82 Å². The highest BCUT2D eigenvalue weighted by molar-refractivity contribution is 6.34. The summed E-state index contributed by atoms with van der Waals surface area (Å²) in [7, 11) is 1.70. The van der Waals surface area contributed by atoms with E-state index in [2.05, 4.69) is 31.0 Å². The number of nitrogen functional groups attached to an aromatic ring is 1. The zero-order valence-corrected chi connectivity index (χ0v) is 21.1. The number of carbonyl (C=O) groups is 1. The average molecular weight is 512 g/mol. The number of amides is 1. The maximum absolute atomic E-state index is 12.1. The monoisotopic (exact) mass is 511 g/mol. The molecule has 9 heteroatoms. The van der Waals surface area contributed by atoms with Crippen molar-refractivity contribution in [3.63, 3.8) is 0 Å². The summed E-state index contributed by atoms with van der Waals surface area (Å²) in [6, 6.07) is 13.9. The molecule has 0 spiro atoms. The van der Waals surface area contributed by atoms with Crippen LogP contribution in [0.3, 0.4) is 0 Å². The molecule has 1 aliphatic rings. The van der Waals surface area contributed by atoms with Gasteiger partial charge in [0.1, 0.15) is 17.8 Å². The van der Waals surface area contributed by atoms with Gasteiger partial charge in [-0.3, -0.25) is 9.78 Å². The van der Waals surface area contributed by atoms with E-state index in [9.17, 15) is 4.79 Å². The smallest absolute Gasteiger partial charge is 0.222 e. The summed E-state index contributed by atoms with van der Waals surface area (Å²) in [6.07, 6.45) is 8.76. The van der Waals surface area contributed by atoms with Crippen LogP contribution in [0.5, 0.6) is 0 Å². The standard InChI is InChI=1S/C28H26ClN7O/c1-31-28(37)16-5-8-18(9-6-16)36-14-20(25-26(30)33-15-34-27(25)36)19-13-24-17(12-21(19)29)7-10-23(35-24)22-4-2-3-11-32-22/h2-4,7,10-16,18H,5-6,8-9H2,1H3,(H,31,37)(H2,30,33,34). The molecule has 0 radical (unpaired) electrons. The predicted molar refractivity (Wildman–Crippen MR) is 146 cm³/mol. The Morgan fingerprint density at radius 2 is 1.86 bits per heavy atom. The van der Waals surface area contributed by atoms with Gasteiger partial charge >= 0.3 is 0 Å². The molecule has 1 amide bonds. The average Bonchev–Trinajstić information content (AvgIpc) is 3.33. The van der Waals surface area contributed by atoms with Gasteiger partial charge in [0, 0.05) is 52.9 Å². The summed E-state index contributed by atoms with van der Waals surface area (Å²) in [4.78, 5) is 30.3. The third-order valence-corrected chi connectivity index (χ3v) is 7.65. The number of halogens is 1. The Hall–Kier alpha value is -4.04. The summed E-state index contributed by atoms with van der Waals surface area (Å²) >= 11 is 6.84. The van der Waals surface area contributed by atoms with Crippen LogP contribution in [0, 0.1) is 5.92 Å². The fraction of sp³-hybridized carbons (Fsp3) is 0.250. The van der Waals surface area contributed by atoms with Crippen molar-refractivity contribution < 1.29 is 4.79 Å². The second kappa shape index (κ2) is 9.44. The van der Waals surface area contributed by atoms with E-state index in [-0.39, 0.29) is 17.9 Å². The number of rotatable bonds is 4. The first-order valence-electron chi connectivity index (χ1n) is 12.4. The van der Waals surface area contributed by atoms with E-state index in [4.69, 9.17) is 22.3 Å². The molecule has 0 saturated heterocycles. The predicted octanol–water partition coefficient (Wildman–Crippen LogP) is 5.42. The second-order valence-electron chi connectivity index (χ2n) is 9.46. The quantitative estimate of drug-likeness (QED) is 0.333. The number of anilines is 1. The molecule has 0 aliphatic heterocycles. The van der Waals surface area contributed by atoms with Crippen molar-refractivity contribution in [2.24, 2.45) is 5.92 Å². The highest BCUT2D eigenvalue weighted by Crippen LogP contribution is 2.42. The van der Waals surface area contributed by atoms with Crippen molar-refractivity contribution in [3.05, 3.63) is 66.2 Å². The number of hydrogen-bond donors (Lipinski definition) is 2. The molecule has 5 aromatic rings. The van der Waals surface area contributed by atoms with Crippen LogP contribution in [0.2, 0.25) is 5.02 Å². The van der Waals surface area contributed by atoms with E-state index in [1.54, 1.807) is 13.2 Å². The molecule has 37 heavy (non-hydrogen) atoms. The molecule has 6 rings (SSSR count). The van der Waals surface area contributed by atoms with Gasteiger partial charge in [-0.2, -0.15) is 0 Å². The minimum Gasteiger partial charge on any atom is -0.383 e. The minimum atomic E-state index is 0.0524. The molecular weight excluding hydrogens is 486 g/mol. The maximum Gasteiger partial charge on any atom is 0.222 e. The van der Waals surface area contributed by atoms with Crippen molar-refractivity contribution in [2.45, 2.75) is 31.7 Å². The van der Waals surface area contributed by atoms with Crippen LogP contribution >= 0.6 is 11.6 Å². The fourth-order valence-electron chi connectivity index (χ4n) is 5.42. The number of nitrogens with zero attached hydrogens (tertiary/aromatic N) is 5. The largest absolute Gasteiger partial charge is 0.383 e. The topological polar surface area (TPSA) is 112 Å². The Morgan fingerprint density at radius 1 is 1.03 bits per heavy atom. The van der Waals surface area contributed by atoms with E-state index in [1.165, 1.54) is 6.33 Å². The lowest BCUT2D eigenvalue weighted by Crippen LogP contribution is -2.31. The van der Waals surface area contributed by atoms with Crippen molar-refractivity contribution in [1.82, 2.24) is 29.8 Å². The SMILES string of the molecule is CNC(=O)C1CCC(n2cc(-c3cc4nc(-c5ccccn5)ccc4cc3Cl)c3c(N)ncnc32)CC1. The molecule has 4 aromatic heterocycles. The van der Waals surface area contributed by atoms with E-state index in [1.807, 2.05) is 42.5 Å². The normalized spacial score (nSPS) is 17.8. The third-order valence-electron chi connectivity index (χ3n) is 7.34. The highest BCUT2D eigenvalue weighted by atomic mass is 35.5. The van der Waals surface area contributed by atoms with Crippen LogP contribution in [0.15, 0.2) is 61.2 Å². The number of carbonyl (C=O) groups excluding carboxylic acids is 1. The van der Waals surface area contributed by atoms with Gasteiger partial charge in [-0.25, -0.2) is 15.0 Å². The Bertz CT molecular complexity index is 1620. The summed E-state index contributed by atoms with van der Waals surface area (Å²) in [5, 5.41) is 5.10. The molecule has 0 atom stereocenters. The molecule has 186 valence electrons. The summed E-state index contributed by atoms with van der Waals surface area (Å²) < 4.78 is 2.18. The molecule has 1 fully saturated rings. The van der Waals surface area contributed by atoms with Gasteiger partial charge in [-0.1, -0.05) is 23.7 Å². The highest BCUT2D eigenvalue weighted by Gasteiger charge is 2.29. The number of aromatic nitrogens is 5. The Morgan fingerprint density at radius 3 is 2.62 bits per heavy atom. The molecular formula is C28H26ClN7O. The van der Waals surface area contributed by atoms with Crippen LogP contribution in [0.1, 0.15) is 31.7 Å². The molecule has 1 saturated carbocycles. The van der Waals surface area contributed by atoms with E-state index in [0.717, 1.165) is 70.1 Å². The number of nitrogens with one attached hydrogen (secondary N) is 1. The number of hydrogen-bond acceptors (Lipinski definition) is 6. The molecule has 8 nitrogen and oxygen atoms in total. The van der Waals surface area contributed by atoms with Gasteiger partial charge in [-0.05, 0) is 56.0 Å². The number of benzene rings is 1.